The average Bonchev–Trinajstić information content (AvgIpc) is 2.32. The van der Waals surface area contributed by atoms with Crippen molar-refractivity contribution in [3.63, 3.8) is 0 Å². The molecule has 2 aromatic rings. The molecule has 4 nitrogen and oxygen atoms in total. The first-order valence-electron chi connectivity index (χ1n) is 5.03. The molecule has 18 heavy (non-hydrogen) atoms. The first-order chi connectivity index (χ1) is 8.56. The Labute approximate surface area is 111 Å². The molecule has 2 aromatic carbocycles. The summed E-state index contributed by atoms with van der Waals surface area (Å²) in [5.41, 5.74) is 0.890. The SMILES string of the molecule is O=[N+]([O-])c1ccc(Br)cc1Nc1ccc(F)cc1. The smallest absolute Gasteiger partial charge is 0.292 e. The number of hydrogen-bond donors (Lipinski definition) is 1. The first kappa shape index (κ1) is 12.5. The van der Waals surface area contributed by atoms with E-state index < -0.39 is 4.92 Å². The summed E-state index contributed by atoms with van der Waals surface area (Å²) in [6, 6.07) is 10.2. The molecule has 0 amide bonds. The first-order valence-corrected chi connectivity index (χ1v) is 5.82. The van der Waals surface area contributed by atoms with Gasteiger partial charge in [0, 0.05) is 16.2 Å². The van der Waals surface area contributed by atoms with Crippen LogP contribution in [0.15, 0.2) is 46.9 Å². The predicted molar refractivity (Wildman–Crippen MR) is 70.5 cm³/mol. The minimum atomic E-state index is -0.474. The third kappa shape index (κ3) is 2.84. The number of halogens is 2. The van der Waals surface area contributed by atoms with Crippen molar-refractivity contribution in [1.82, 2.24) is 0 Å². The topological polar surface area (TPSA) is 55.2 Å². The van der Waals surface area contributed by atoms with E-state index in [-0.39, 0.29) is 11.5 Å². The highest BCUT2D eigenvalue weighted by Gasteiger charge is 2.13. The van der Waals surface area contributed by atoms with Crippen molar-refractivity contribution >= 4 is 33.0 Å². The normalized spacial score (nSPS) is 10.1. The molecule has 0 unspecified atom stereocenters. The maximum atomic E-state index is 12.8. The van der Waals surface area contributed by atoms with E-state index in [1.165, 1.54) is 30.3 Å². The number of nitro benzene ring substituents is 1. The highest BCUT2D eigenvalue weighted by atomic mass is 79.9. The number of anilines is 2. The van der Waals surface area contributed by atoms with Gasteiger partial charge in [0.1, 0.15) is 11.5 Å². The zero-order valence-electron chi connectivity index (χ0n) is 9.06. The molecule has 0 heterocycles. The Bertz CT molecular complexity index is 587. The van der Waals surface area contributed by atoms with Crippen LogP contribution in [0.25, 0.3) is 0 Å². The Morgan fingerprint density at radius 3 is 2.44 bits per heavy atom. The molecule has 6 heteroatoms. The summed E-state index contributed by atoms with van der Waals surface area (Å²) in [5.74, 6) is -0.357. The van der Waals surface area contributed by atoms with Crippen LogP contribution in [0.4, 0.5) is 21.5 Å². The molecule has 0 saturated heterocycles. The van der Waals surface area contributed by atoms with E-state index in [0.717, 1.165) is 4.47 Å². The quantitative estimate of drug-likeness (QED) is 0.681. The third-order valence-corrected chi connectivity index (χ3v) is 2.77. The molecule has 0 radical (unpaired) electrons. The Hall–Kier alpha value is -1.95. The number of hydrogen-bond acceptors (Lipinski definition) is 3. The highest BCUT2D eigenvalue weighted by molar-refractivity contribution is 9.10. The lowest BCUT2D eigenvalue weighted by Crippen LogP contribution is -1.97. The van der Waals surface area contributed by atoms with Gasteiger partial charge in [-0.05, 0) is 36.4 Å². The molecule has 0 aliphatic rings. The second-order valence-corrected chi connectivity index (χ2v) is 4.47. The van der Waals surface area contributed by atoms with Crippen molar-refractivity contribution < 1.29 is 9.31 Å². The highest BCUT2D eigenvalue weighted by Crippen LogP contribution is 2.30. The lowest BCUT2D eigenvalue weighted by molar-refractivity contribution is -0.383. The Kier molecular flexibility index (Phi) is 3.57. The number of nitrogens with zero attached hydrogens (tertiary/aromatic N) is 1. The lowest BCUT2D eigenvalue weighted by Gasteiger charge is -2.07. The van der Waals surface area contributed by atoms with E-state index >= 15 is 0 Å². The maximum absolute atomic E-state index is 12.8. The molecule has 0 atom stereocenters. The van der Waals surface area contributed by atoms with E-state index in [9.17, 15) is 14.5 Å². The van der Waals surface area contributed by atoms with Crippen LogP contribution in [0.5, 0.6) is 0 Å². The van der Waals surface area contributed by atoms with Gasteiger partial charge in [0.05, 0.1) is 4.92 Å². The Morgan fingerprint density at radius 1 is 1.17 bits per heavy atom. The van der Waals surface area contributed by atoms with Gasteiger partial charge in [0.25, 0.3) is 5.69 Å². The van der Waals surface area contributed by atoms with Crippen LogP contribution in [0.1, 0.15) is 0 Å². The molecule has 0 spiro atoms. The van der Waals surface area contributed by atoms with Crippen LogP contribution in [0, 0.1) is 15.9 Å². The average molecular weight is 311 g/mol. The lowest BCUT2D eigenvalue weighted by atomic mass is 10.2. The fourth-order valence-corrected chi connectivity index (χ4v) is 1.82. The van der Waals surface area contributed by atoms with Gasteiger partial charge in [-0.15, -0.1) is 0 Å². The molecular formula is C12H8BrFN2O2. The number of nitro groups is 1. The predicted octanol–water partition coefficient (Wildman–Crippen LogP) is 4.24. The van der Waals surface area contributed by atoms with Gasteiger partial charge in [-0.3, -0.25) is 10.1 Å². The van der Waals surface area contributed by atoms with Crippen molar-refractivity contribution in [2.75, 3.05) is 5.32 Å². The van der Waals surface area contributed by atoms with Crippen molar-refractivity contribution in [1.29, 1.82) is 0 Å². The monoisotopic (exact) mass is 310 g/mol. The van der Waals surface area contributed by atoms with E-state index in [2.05, 4.69) is 21.2 Å². The largest absolute Gasteiger partial charge is 0.350 e. The van der Waals surface area contributed by atoms with Crippen molar-refractivity contribution in [2.24, 2.45) is 0 Å². The fraction of sp³-hybridized carbons (Fsp3) is 0. The minimum Gasteiger partial charge on any atom is -0.350 e. The zero-order chi connectivity index (χ0) is 13.1. The summed E-state index contributed by atoms with van der Waals surface area (Å²) in [4.78, 5) is 10.4. The van der Waals surface area contributed by atoms with Gasteiger partial charge >= 0.3 is 0 Å². The molecule has 0 aromatic heterocycles. The van der Waals surface area contributed by atoms with Crippen LogP contribution in [-0.4, -0.2) is 4.92 Å². The Morgan fingerprint density at radius 2 is 1.83 bits per heavy atom. The van der Waals surface area contributed by atoms with E-state index in [4.69, 9.17) is 0 Å². The van der Waals surface area contributed by atoms with Crippen LogP contribution in [0.3, 0.4) is 0 Å². The molecule has 1 N–H and O–H groups in total. The molecule has 0 aliphatic carbocycles. The van der Waals surface area contributed by atoms with Gasteiger partial charge in [0.15, 0.2) is 0 Å². The summed E-state index contributed by atoms with van der Waals surface area (Å²) in [6.45, 7) is 0. The molecular weight excluding hydrogens is 303 g/mol. The van der Waals surface area contributed by atoms with E-state index in [1.54, 1.807) is 12.1 Å². The number of benzene rings is 2. The van der Waals surface area contributed by atoms with Crippen LogP contribution in [-0.2, 0) is 0 Å². The van der Waals surface area contributed by atoms with Gasteiger partial charge in [-0.25, -0.2) is 4.39 Å². The summed E-state index contributed by atoms with van der Waals surface area (Å²) in [7, 11) is 0. The third-order valence-electron chi connectivity index (χ3n) is 2.28. The van der Waals surface area contributed by atoms with Crippen LogP contribution >= 0.6 is 15.9 Å². The summed E-state index contributed by atoms with van der Waals surface area (Å²) >= 11 is 3.25. The van der Waals surface area contributed by atoms with Crippen molar-refractivity contribution in [3.05, 3.63) is 62.9 Å². The standard InChI is InChI=1S/C12H8BrFN2O2/c13-8-1-6-12(16(17)18)11(7-8)15-10-4-2-9(14)3-5-10/h1-7,15H. The second kappa shape index (κ2) is 5.14. The summed E-state index contributed by atoms with van der Waals surface area (Å²) in [6.07, 6.45) is 0. The summed E-state index contributed by atoms with van der Waals surface area (Å²) in [5, 5.41) is 13.8. The van der Waals surface area contributed by atoms with Gasteiger partial charge < -0.3 is 5.32 Å². The minimum absolute atomic E-state index is 0.0393. The number of rotatable bonds is 3. The molecule has 92 valence electrons. The molecule has 0 aliphatic heterocycles. The fourth-order valence-electron chi connectivity index (χ4n) is 1.46. The molecule has 0 bridgehead atoms. The second-order valence-electron chi connectivity index (χ2n) is 3.55. The van der Waals surface area contributed by atoms with Crippen LogP contribution in [0.2, 0.25) is 0 Å². The maximum Gasteiger partial charge on any atom is 0.292 e. The van der Waals surface area contributed by atoms with Gasteiger partial charge in [-0.1, -0.05) is 15.9 Å². The molecule has 0 fully saturated rings. The van der Waals surface area contributed by atoms with Crippen molar-refractivity contribution in [2.45, 2.75) is 0 Å². The van der Waals surface area contributed by atoms with E-state index in [1.807, 2.05) is 0 Å². The van der Waals surface area contributed by atoms with E-state index in [0.29, 0.717) is 11.4 Å². The zero-order valence-corrected chi connectivity index (χ0v) is 10.6. The van der Waals surface area contributed by atoms with Gasteiger partial charge in [0.2, 0.25) is 0 Å². The molecule has 2 rings (SSSR count). The summed E-state index contributed by atoms with van der Waals surface area (Å²) < 4.78 is 13.5. The van der Waals surface area contributed by atoms with Gasteiger partial charge in [-0.2, -0.15) is 0 Å². The number of nitrogens with one attached hydrogen (secondary N) is 1. The molecule has 0 saturated carbocycles. The van der Waals surface area contributed by atoms with Crippen molar-refractivity contribution in [3.8, 4) is 0 Å². The Balaban J connectivity index is 2.35. The van der Waals surface area contributed by atoms with Crippen LogP contribution < -0.4 is 5.32 Å².